The van der Waals surface area contributed by atoms with Crippen LogP contribution in [0.4, 0.5) is 0 Å². The second-order valence-electron chi connectivity index (χ2n) is 0. The predicted octanol–water partition coefficient (Wildman–Crippen LogP) is -0.599. The zero-order chi connectivity index (χ0) is 0. The molecular formula is Nd2O5V2. The molecule has 0 saturated carbocycles. The standard InChI is InChI=1S/2Nd.5O.2V/q;;5*-2;2*+5. The Bertz CT molecular complexity index is 12.9. The van der Waals surface area contributed by atoms with Gasteiger partial charge in [-0.3, -0.25) is 0 Å². The van der Waals surface area contributed by atoms with Crippen LogP contribution in [-0.2, 0) is 64.5 Å². The minimum Gasteiger partial charge on any atom is -2.00 e. The Hall–Kier alpha value is 3.67. The largest absolute Gasteiger partial charge is 5.00 e. The quantitative estimate of drug-likeness (QED) is 0.446. The van der Waals surface area contributed by atoms with E-state index in [0.29, 0.717) is 0 Å². The van der Waals surface area contributed by atoms with Gasteiger partial charge in [0.2, 0.25) is 0 Å². The Morgan fingerprint density at radius 1 is 0.333 bits per heavy atom. The van der Waals surface area contributed by atoms with E-state index in [1.165, 1.54) is 0 Å². The average molecular weight is 470 g/mol. The minimum absolute atomic E-state index is 0. The van der Waals surface area contributed by atoms with E-state index >= 15 is 0 Å². The SMILES string of the molecule is [Nd].[Nd].[O-2].[O-2].[O-2].[O-2].[O-2].[V+5].[V+5]. The van der Waals surface area contributed by atoms with Crippen LogP contribution in [-0.4, -0.2) is 0 Å². The van der Waals surface area contributed by atoms with Crippen molar-refractivity contribution in [2.45, 2.75) is 0 Å². The summed E-state index contributed by atoms with van der Waals surface area (Å²) in [5.41, 5.74) is 0. The summed E-state index contributed by atoms with van der Waals surface area (Å²) >= 11 is 0. The molecule has 0 atom stereocenters. The molecule has 0 aromatic heterocycles. The van der Waals surface area contributed by atoms with E-state index in [2.05, 4.69) is 0 Å². The van der Waals surface area contributed by atoms with E-state index in [1.54, 1.807) is 0 Å². The molecule has 0 bridgehead atoms. The summed E-state index contributed by atoms with van der Waals surface area (Å²) in [6.07, 6.45) is 0. The summed E-state index contributed by atoms with van der Waals surface area (Å²) in [6, 6.07) is 0. The summed E-state index contributed by atoms with van der Waals surface area (Å²) in [4.78, 5) is 0. The molecule has 9 heteroatoms. The van der Waals surface area contributed by atoms with Crippen molar-refractivity contribution in [3.63, 3.8) is 0 Å². The Kier molecular flexibility index (Phi) is 1400. The molecule has 0 saturated heterocycles. The average Bonchev–Trinajstić information content (AvgIpc) is 0. The molecule has 0 heterocycles. The molecule has 5 nitrogen and oxygen atoms in total. The van der Waals surface area contributed by atoms with Crippen LogP contribution < -0.4 is 0 Å². The molecule has 0 unspecified atom stereocenters. The van der Waals surface area contributed by atoms with Crippen LogP contribution in [0.5, 0.6) is 0 Å². The van der Waals surface area contributed by atoms with Crippen molar-refractivity contribution in [1.82, 2.24) is 0 Å². The second-order valence-corrected chi connectivity index (χ2v) is 0. The van der Waals surface area contributed by atoms with Crippen molar-refractivity contribution in [1.29, 1.82) is 0 Å². The van der Waals surface area contributed by atoms with Crippen LogP contribution in [0.3, 0.4) is 0 Å². The number of hydrogen-bond acceptors (Lipinski definition) is 0. The van der Waals surface area contributed by atoms with Gasteiger partial charge in [0.05, 0.1) is 0 Å². The Morgan fingerprint density at radius 2 is 0.333 bits per heavy atom. The van der Waals surface area contributed by atoms with Crippen molar-refractivity contribution in [3.8, 4) is 0 Å². The van der Waals surface area contributed by atoms with Crippen LogP contribution in [0.15, 0.2) is 0 Å². The molecule has 0 N–H and O–H groups in total. The fourth-order valence-corrected chi connectivity index (χ4v) is 0. The van der Waals surface area contributed by atoms with E-state index in [4.69, 9.17) is 0 Å². The van der Waals surface area contributed by atoms with Crippen molar-refractivity contribution < 1.29 is 146 Å². The minimum atomic E-state index is 0. The van der Waals surface area contributed by atoms with Gasteiger partial charge in [-0.05, 0) is 0 Å². The smallest absolute Gasteiger partial charge is 2.00 e. The maximum Gasteiger partial charge on any atom is 5.00 e. The first-order valence-electron chi connectivity index (χ1n) is 0. The van der Waals surface area contributed by atoms with Crippen LogP contribution in [0.2, 0.25) is 0 Å². The molecule has 0 amide bonds. The maximum absolute atomic E-state index is 0. The van der Waals surface area contributed by atoms with Crippen molar-refractivity contribution in [2.75, 3.05) is 0 Å². The predicted molar refractivity (Wildman–Crippen MR) is 3.43 cm³/mol. The number of rotatable bonds is 0. The van der Waals surface area contributed by atoms with Gasteiger partial charge in [-0.1, -0.05) is 0 Å². The molecule has 0 aliphatic carbocycles. The Balaban J connectivity index is 0. The molecule has 9 heavy (non-hydrogen) atoms. The molecule has 0 aromatic rings. The summed E-state index contributed by atoms with van der Waals surface area (Å²) in [6.45, 7) is 0. The Morgan fingerprint density at radius 3 is 0.333 bits per heavy atom. The third-order valence-electron chi connectivity index (χ3n) is 0. The number of hydrogen-bond donors (Lipinski definition) is 0. The summed E-state index contributed by atoms with van der Waals surface area (Å²) in [5, 5.41) is 0. The van der Waals surface area contributed by atoms with E-state index in [0.717, 1.165) is 0 Å². The molecule has 0 aliphatic rings. The van der Waals surface area contributed by atoms with Crippen LogP contribution in [0.25, 0.3) is 0 Å². The van der Waals surface area contributed by atoms with Gasteiger partial charge < -0.3 is 27.4 Å². The fraction of sp³-hybridized carbons (Fsp3) is 0. The first-order chi connectivity index (χ1) is 0. The van der Waals surface area contributed by atoms with Crippen molar-refractivity contribution >= 4 is 0 Å². The van der Waals surface area contributed by atoms with Gasteiger partial charge in [0.1, 0.15) is 0 Å². The van der Waals surface area contributed by atoms with Crippen LogP contribution >= 0.6 is 0 Å². The zero-order valence-electron chi connectivity index (χ0n) is 3.94. The molecular weight excluding hydrogens is 470 g/mol. The molecule has 0 aliphatic heterocycles. The summed E-state index contributed by atoms with van der Waals surface area (Å²) < 4.78 is 0. The van der Waals surface area contributed by atoms with Crippen molar-refractivity contribution in [2.24, 2.45) is 0 Å². The topological polar surface area (TPSA) is 142 Å². The first-order valence-corrected chi connectivity index (χ1v) is 0. The second kappa shape index (κ2) is 98.6. The molecule has 0 radical (unpaired) electrons. The summed E-state index contributed by atoms with van der Waals surface area (Å²) in [5.74, 6) is 0. The van der Waals surface area contributed by atoms with Gasteiger partial charge in [-0.2, -0.15) is 0 Å². The van der Waals surface area contributed by atoms with Gasteiger partial charge in [-0.15, -0.1) is 0 Å². The van der Waals surface area contributed by atoms with Gasteiger partial charge in [0.25, 0.3) is 0 Å². The molecule has 0 fully saturated rings. The van der Waals surface area contributed by atoms with E-state index in [9.17, 15) is 0 Å². The monoisotopic (exact) mass is 466 g/mol. The Labute approximate surface area is 143 Å². The maximum atomic E-state index is 0. The molecule has 0 rings (SSSR count). The van der Waals surface area contributed by atoms with Crippen molar-refractivity contribution in [3.05, 3.63) is 0 Å². The summed E-state index contributed by atoms with van der Waals surface area (Å²) in [7, 11) is 0. The normalized spacial score (nSPS) is 0. The zero-order valence-corrected chi connectivity index (χ0v) is 13.1. The van der Waals surface area contributed by atoms with Gasteiger partial charge in [-0.25, -0.2) is 0 Å². The fourth-order valence-electron chi connectivity index (χ4n) is 0. The first kappa shape index (κ1) is 128. The third-order valence-corrected chi connectivity index (χ3v) is 0. The van der Waals surface area contributed by atoms with E-state index < -0.39 is 0 Å². The van der Waals surface area contributed by atoms with Crippen LogP contribution in [0, 0.1) is 81.7 Å². The van der Waals surface area contributed by atoms with Gasteiger partial charge in [0.15, 0.2) is 0 Å². The van der Waals surface area contributed by atoms with Gasteiger partial charge >= 0.3 is 37.1 Å². The van der Waals surface area contributed by atoms with E-state index in [-0.39, 0.29) is 146 Å². The third kappa shape index (κ3) is 81.0. The molecule has 0 spiro atoms. The van der Waals surface area contributed by atoms with E-state index in [1.807, 2.05) is 0 Å². The van der Waals surface area contributed by atoms with Gasteiger partial charge in [0, 0.05) is 81.7 Å². The molecule has 0 aromatic carbocycles. The molecule has 48 valence electrons. The van der Waals surface area contributed by atoms with Crippen LogP contribution in [0.1, 0.15) is 0 Å².